The summed E-state index contributed by atoms with van der Waals surface area (Å²) in [6.45, 7) is 0. The predicted molar refractivity (Wildman–Crippen MR) is 54.7 cm³/mol. The Morgan fingerprint density at radius 3 is 2.79 bits per heavy atom. The third kappa shape index (κ3) is 1.46. The van der Waals surface area contributed by atoms with Gasteiger partial charge in [-0.05, 0) is 11.1 Å². The van der Waals surface area contributed by atoms with Crippen molar-refractivity contribution < 1.29 is 9.90 Å². The molecule has 0 spiro atoms. The number of aliphatic carboxylic acids is 1. The number of hydrogen-bond donors (Lipinski definition) is 1. The summed E-state index contributed by atoms with van der Waals surface area (Å²) in [4.78, 5) is 11.0. The number of rotatable bonds is 1. The zero-order valence-electron chi connectivity index (χ0n) is 7.55. The summed E-state index contributed by atoms with van der Waals surface area (Å²) in [5.74, 6) is -1.32. The van der Waals surface area contributed by atoms with Gasteiger partial charge in [0.15, 0.2) is 0 Å². The highest BCUT2D eigenvalue weighted by Crippen LogP contribution is 2.28. The molecule has 14 heavy (non-hydrogen) atoms. The summed E-state index contributed by atoms with van der Waals surface area (Å²) in [6, 6.07) is 0. The van der Waals surface area contributed by atoms with Gasteiger partial charge in [0, 0.05) is 0 Å². The van der Waals surface area contributed by atoms with Crippen molar-refractivity contribution in [2.45, 2.75) is 0 Å². The van der Waals surface area contributed by atoms with Gasteiger partial charge in [-0.1, -0.05) is 48.6 Å². The molecule has 0 heterocycles. The molecule has 0 saturated carbocycles. The molecule has 0 aromatic rings. The number of carboxylic acid groups (broad SMARTS) is 1. The molecule has 0 bridgehead atoms. The van der Waals surface area contributed by atoms with E-state index >= 15 is 0 Å². The zero-order chi connectivity index (χ0) is 9.97. The Balaban J connectivity index is 2.45. The van der Waals surface area contributed by atoms with Crippen molar-refractivity contribution >= 4 is 5.97 Å². The van der Waals surface area contributed by atoms with Crippen LogP contribution in [0, 0.1) is 5.92 Å². The van der Waals surface area contributed by atoms with Crippen LogP contribution in [-0.4, -0.2) is 11.1 Å². The van der Waals surface area contributed by atoms with Crippen molar-refractivity contribution in [3.8, 4) is 0 Å². The molecule has 0 fully saturated rings. The van der Waals surface area contributed by atoms with E-state index in [1.807, 2.05) is 36.5 Å². The number of allylic oxidation sites excluding steroid dienone is 8. The van der Waals surface area contributed by atoms with Crippen molar-refractivity contribution in [1.29, 1.82) is 0 Å². The number of fused-ring (bicyclic) bond motifs is 1. The lowest BCUT2D eigenvalue weighted by atomic mass is 9.88. The molecular weight excluding hydrogens is 176 g/mol. The summed E-state index contributed by atoms with van der Waals surface area (Å²) in [5.41, 5.74) is 1.83. The third-order valence-electron chi connectivity index (χ3n) is 2.29. The fourth-order valence-corrected chi connectivity index (χ4v) is 1.60. The van der Waals surface area contributed by atoms with Crippen LogP contribution in [0.2, 0.25) is 0 Å². The van der Waals surface area contributed by atoms with Crippen LogP contribution >= 0.6 is 0 Å². The predicted octanol–water partition coefficient (Wildman–Crippen LogP) is 2.24. The molecule has 2 nitrogen and oxygen atoms in total. The molecule has 0 amide bonds. The molecule has 1 unspecified atom stereocenters. The molecule has 70 valence electrons. The highest BCUT2D eigenvalue weighted by atomic mass is 16.4. The van der Waals surface area contributed by atoms with E-state index in [1.54, 1.807) is 12.2 Å². The maximum absolute atomic E-state index is 11.0. The molecule has 1 atom stereocenters. The standard InChI is InChI=1S/C12H10O2/c13-12(14)11-8-4-6-9-5-2-1-3-7-10(9)11/h1-8,11H,(H,13,14). The topological polar surface area (TPSA) is 37.3 Å². The summed E-state index contributed by atoms with van der Waals surface area (Å²) >= 11 is 0. The van der Waals surface area contributed by atoms with Crippen LogP contribution in [-0.2, 0) is 4.79 Å². The third-order valence-corrected chi connectivity index (χ3v) is 2.29. The van der Waals surface area contributed by atoms with Crippen LogP contribution in [0.4, 0.5) is 0 Å². The van der Waals surface area contributed by atoms with Gasteiger partial charge in [0.25, 0.3) is 0 Å². The monoisotopic (exact) mass is 186 g/mol. The summed E-state index contributed by atoms with van der Waals surface area (Å²) in [6.07, 6.45) is 14.9. The first-order valence-electron chi connectivity index (χ1n) is 4.45. The van der Waals surface area contributed by atoms with Crippen LogP contribution < -0.4 is 0 Å². The number of carbonyl (C=O) groups is 1. The van der Waals surface area contributed by atoms with Gasteiger partial charge >= 0.3 is 5.97 Å². The first kappa shape index (κ1) is 8.75. The van der Waals surface area contributed by atoms with Crippen molar-refractivity contribution in [2.75, 3.05) is 0 Å². The second-order valence-corrected chi connectivity index (χ2v) is 3.19. The Bertz CT molecular complexity index is 406. The van der Waals surface area contributed by atoms with Crippen molar-refractivity contribution in [2.24, 2.45) is 5.92 Å². The van der Waals surface area contributed by atoms with E-state index in [1.165, 1.54) is 0 Å². The lowest BCUT2D eigenvalue weighted by Crippen LogP contribution is -2.16. The zero-order valence-corrected chi connectivity index (χ0v) is 7.55. The smallest absolute Gasteiger partial charge is 0.314 e. The van der Waals surface area contributed by atoms with Gasteiger partial charge in [-0.2, -0.15) is 0 Å². The van der Waals surface area contributed by atoms with Gasteiger partial charge in [-0.3, -0.25) is 4.79 Å². The molecule has 2 rings (SSSR count). The molecule has 1 N–H and O–H groups in total. The van der Waals surface area contributed by atoms with E-state index in [4.69, 9.17) is 5.11 Å². The fraction of sp³-hybridized carbons (Fsp3) is 0.0833. The highest BCUT2D eigenvalue weighted by Gasteiger charge is 2.22. The van der Waals surface area contributed by atoms with Crippen LogP contribution in [0.15, 0.2) is 59.8 Å². The fourth-order valence-electron chi connectivity index (χ4n) is 1.60. The average Bonchev–Trinajstić information content (AvgIpc) is 2.41. The SMILES string of the molecule is O=C(O)C1C=CC=C2C=CC=CC=C21. The van der Waals surface area contributed by atoms with Crippen molar-refractivity contribution in [3.05, 3.63) is 59.8 Å². The van der Waals surface area contributed by atoms with Gasteiger partial charge in [0.2, 0.25) is 0 Å². The molecule has 0 saturated heterocycles. The number of carboxylic acids is 1. The largest absolute Gasteiger partial charge is 0.481 e. The minimum Gasteiger partial charge on any atom is -0.481 e. The average molecular weight is 186 g/mol. The Morgan fingerprint density at radius 2 is 2.00 bits per heavy atom. The normalized spacial score (nSPS) is 23.6. The second kappa shape index (κ2) is 3.50. The van der Waals surface area contributed by atoms with E-state index in [0.717, 1.165) is 11.1 Å². The molecule has 0 aliphatic heterocycles. The summed E-state index contributed by atoms with van der Waals surface area (Å²) < 4.78 is 0. The quantitative estimate of drug-likeness (QED) is 0.681. The van der Waals surface area contributed by atoms with Gasteiger partial charge in [0.05, 0.1) is 0 Å². The Labute approximate surface area is 82.2 Å². The Hall–Kier alpha value is -1.83. The van der Waals surface area contributed by atoms with E-state index in [-0.39, 0.29) is 0 Å². The highest BCUT2D eigenvalue weighted by molar-refractivity contribution is 5.79. The van der Waals surface area contributed by atoms with Crippen LogP contribution in [0.3, 0.4) is 0 Å². The van der Waals surface area contributed by atoms with E-state index < -0.39 is 11.9 Å². The van der Waals surface area contributed by atoms with Crippen LogP contribution in [0.25, 0.3) is 0 Å². The molecule has 0 aromatic carbocycles. The van der Waals surface area contributed by atoms with E-state index in [9.17, 15) is 4.79 Å². The number of hydrogen-bond acceptors (Lipinski definition) is 1. The van der Waals surface area contributed by atoms with Crippen molar-refractivity contribution in [3.63, 3.8) is 0 Å². The molecule has 2 heteroatoms. The van der Waals surface area contributed by atoms with Crippen LogP contribution in [0.5, 0.6) is 0 Å². The van der Waals surface area contributed by atoms with Gasteiger partial charge in [0.1, 0.15) is 5.92 Å². The maximum atomic E-state index is 11.0. The van der Waals surface area contributed by atoms with E-state index in [0.29, 0.717) is 0 Å². The minimum atomic E-state index is -0.804. The molecule has 2 aliphatic rings. The molecule has 0 aromatic heterocycles. The second-order valence-electron chi connectivity index (χ2n) is 3.19. The molecule has 0 radical (unpaired) electrons. The van der Waals surface area contributed by atoms with E-state index in [2.05, 4.69) is 0 Å². The molecule has 2 aliphatic carbocycles. The minimum absolute atomic E-state index is 0.512. The lowest BCUT2D eigenvalue weighted by molar-refractivity contribution is -0.138. The summed E-state index contributed by atoms with van der Waals surface area (Å²) in [5, 5.41) is 9.00. The first-order valence-corrected chi connectivity index (χ1v) is 4.45. The lowest BCUT2D eigenvalue weighted by Gasteiger charge is -2.16. The van der Waals surface area contributed by atoms with Gasteiger partial charge in [-0.15, -0.1) is 0 Å². The van der Waals surface area contributed by atoms with Crippen LogP contribution in [0.1, 0.15) is 0 Å². The van der Waals surface area contributed by atoms with Gasteiger partial charge < -0.3 is 5.11 Å². The Kier molecular flexibility index (Phi) is 2.19. The van der Waals surface area contributed by atoms with Gasteiger partial charge in [-0.25, -0.2) is 0 Å². The Morgan fingerprint density at radius 1 is 1.14 bits per heavy atom. The van der Waals surface area contributed by atoms with Crippen molar-refractivity contribution in [1.82, 2.24) is 0 Å². The first-order chi connectivity index (χ1) is 6.79. The summed E-state index contributed by atoms with van der Waals surface area (Å²) in [7, 11) is 0. The molecular formula is C12H10O2. The maximum Gasteiger partial charge on any atom is 0.314 e.